The van der Waals surface area contributed by atoms with Gasteiger partial charge in [-0.2, -0.15) is 4.99 Å². The van der Waals surface area contributed by atoms with Crippen molar-refractivity contribution in [2.24, 2.45) is 4.99 Å². The van der Waals surface area contributed by atoms with Crippen LogP contribution in [0.25, 0.3) is 10.2 Å². The minimum absolute atomic E-state index is 0.151. The van der Waals surface area contributed by atoms with Crippen LogP contribution >= 0.6 is 11.3 Å². The molecular weight excluding hydrogens is 372 g/mol. The maximum absolute atomic E-state index is 12.3. The molecule has 0 N–H and O–H groups in total. The van der Waals surface area contributed by atoms with E-state index in [-0.39, 0.29) is 18.2 Å². The third-order valence-electron chi connectivity index (χ3n) is 4.04. The third kappa shape index (κ3) is 3.45. The van der Waals surface area contributed by atoms with Gasteiger partial charge in [0.2, 0.25) is 0 Å². The number of benzene rings is 1. The molecule has 0 atom stereocenters. The predicted molar refractivity (Wildman–Crippen MR) is 96.0 cm³/mol. The van der Waals surface area contributed by atoms with Crippen molar-refractivity contribution >= 4 is 33.4 Å². The van der Waals surface area contributed by atoms with Gasteiger partial charge in [0.25, 0.3) is 0 Å². The zero-order chi connectivity index (χ0) is 18.8. The second-order valence-electron chi connectivity index (χ2n) is 5.72. The standard InChI is InChI=1S/C18H16N2O6S/c1-23-16(21)4-5-20-11-9-13-14(26-8-7-25-13)10-15(11)27-18(20)19-17(22)12-3-2-6-24-12/h2-3,6,9-10H,4-5,7-8H2,1H3. The molecule has 4 rings (SSSR count). The fraction of sp³-hybridized carbons (Fsp3) is 0.278. The Morgan fingerprint density at radius 2 is 2.04 bits per heavy atom. The van der Waals surface area contributed by atoms with Crippen LogP contribution in [0.4, 0.5) is 0 Å². The number of aromatic nitrogens is 1. The summed E-state index contributed by atoms with van der Waals surface area (Å²) in [5, 5.41) is 0. The molecule has 3 aromatic rings. The molecule has 1 aliphatic heterocycles. The molecule has 0 bridgehead atoms. The van der Waals surface area contributed by atoms with Crippen molar-refractivity contribution in [2.45, 2.75) is 13.0 Å². The molecule has 27 heavy (non-hydrogen) atoms. The molecule has 0 radical (unpaired) electrons. The van der Waals surface area contributed by atoms with Crippen molar-refractivity contribution in [3.63, 3.8) is 0 Å². The summed E-state index contributed by atoms with van der Waals surface area (Å²) in [5.41, 5.74) is 0.805. The summed E-state index contributed by atoms with van der Waals surface area (Å²) < 4.78 is 23.8. The molecule has 0 spiro atoms. The van der Waals surface area contributed by atoms with E-state index in [1.54, 1.807) is 16.7 Å². The summed E-state index contributed by atoms with van der Waals surface area (Å²) in [4.78, 5) is 28.6. The highest BCUT2D eigenvalue weighted by atomic mass is 32.1. The van der Waals surface area contributed by atoms with E-state index in [9.17, 15) is 9.59 Å². The topological polar surface area (TPSA) is 92.3 Å². The minimum atomic E-state index is -0.490. The van der Waals surface area contributed by atoms with Crippen molar-refractivity contribution in [2.75, 3.05) is 20.3 Å². The number of esters is 1. The largest absolute Gasteiger partial charge is 0.486 e. The van der Waals surface area contributed by atoms with Crippen LogP contribution in [0, 0.1) is 0 Å². The summed E-state index contributed by atoms with van der Waals surface area (Å²) in [5.74, 6) is 0.595. The lowest BCUT2D eigenvalue weighted by molar-refractivity contribution is -0.140. The van der Waals surface area contributed by atoms with Crippen LogP contribution in [0.2, 0.25) is 0 Å². The lowest BCUT2D eigenvalue weighted by Gasteiger charge is -2.18. The number of hydrogen-bond acceptors (Lipinski definition) is 7. The number of nitrogens with zero attached hydrogens (tertiary/aromatic N) is 2. The number of carbonyl (C=O) groups excluding carboxylic acids is 2. The Bertz CT molecular complexity index is 1060. The number of hydrogen-bond donors (Lipinski definition) is 0. The molecule has 140 valence electrons. The van der Waals surface area contributed by atoms with Crippen LogP contribution in [-0.2, 0) is 16.1 Å². The highest BCUT2D eigenvalue weighted by Crippen LogP contribution is 2.35. The lowest BCUT2D eigenvalue weighted by atomic mass is 10.2. The highest BCUT2D eigenvalue weighted by Gasteiger charge is 2.18. The Hall–Kier alpha value is -3.07. The number of ether oxygens (including phenoxy) is 3. The monoisotopic (exact) mass is 388 g/mol. The van der Waals surface area contributed by atoms with E-state index in [0.717, 1.165) is 10.2 Å². The number of aryl methyl sites for hydroxylation is 1. The Kier molecular flexibility index (Phi) is 4.68. The first kappa shape index (κ1) is 17.3. The van der Waals surface area contributed by atoms with Crippen molar-refractivity contribution in [3.05, 3.63) is 41.1 Å². The van der Waals surface area contributed by atoms with Gasteiger partial charge in [-0.05, 0) is 12.1 Å². The molecule has 8 nitrogen and oxygen atoms in total. The number of rotatable bonds is 4. The Morgan fingerprint density at radius 1 is 1.26 bits per heavy atom. The van der Waals surface area contributed by atoms with Gasteiger partial charge in [0.05, 0.1) is 30.0 Å². The Balaban J connectivity index is 1.82. The smallest absolute Gasteiger partial charge is 0.315 e. The van der Waals surface area contributed by atoms with E-state index in [4.69, 9.17) is 18.6 Å². The number of fused-ring (bicyclic) bond motifs is 2. The zero-order valence-corrected chi connectivity index (χ0v) is 15.3. The van der Waals surface area contributed by atoms with E-state index in [1.165, 1.54) is 24.7 Å². The van der Waals surface area contributed by atoms with Crippen LogP contribution in [-0.4, -0.2) is 36.8 Å². The van der Waals surface area contributed by atoms with Crippen LogP contribution in [0.1, 0.15) is 17.0 Å². The van der Waals surface area contributed by atoms with Gasteiger partial charge < -0.3 is 23.2 Å². The molecule has 1 amide bonds. The first-order valence-electron chi connectivity index (χ1n) is 8.28. The first-order valence-corrected chi connectivity index (χ1v) is 9.10. The van der Waals surface area contributed by atoms with Crippen LogP contribution in [0.15, 0.2) is 39.9 Å². The maximum atomic E-state index is 12.3. The number of methoxy groups -OCH3 is 1. The van der Waals surface area contributed by atoms with E-state index in [2.05, 4.69) is 4.99 Å². The van der Waals surface area contributed by atoms with E-state index < -0.39 is 5.91 Å². The summed E-state index contributed by atoms with van der Waals surface area (Å²) in [6, 6.07) is 6.88. The molecule has 0 unspecified atom stereocenters. The Labute approximate surface area is 157 Å². The van der Waals surface area contributed by atoms with Gasteiger partial charge in [-0.15, -0.1) is 0 Å². The number of thiazole rings is 1. The van der Waals surface area contributed by atoms with Gasteiger partial charge in [-0.1, -0.05) is 11.3 Å². The third-order valence-corrected chi connectivity index (χ3v) is 5.08. The molecule has 0 saturated carbocycles. The fourth-order valence-corrected chi connectivity index (χ4v) is 3.82. The van der Waals surface area contributed by atoms with E-state index >= 15 is 0 Å². The number of amides is 1. The molecule has 1 aliphatic rings. The number of furan rings is 1. The van der Waals surface area contributed by atoms with Gasteiger partial charge >= 0.3 is 11.9 Å². The maximum Gasteiger partial charge on any atom is 0.315 e. The van der Waals surface area contributed by atoms with Crippen molar-refractivity contribution in [1.29, 1.82) is 0 Å². The quantitative estimate of drug-likeness (QED) is 0.637. The average molecular weight is 388 g/mol. The molecule has 9 heteroatoms. The highest BCUT2D eigenvalue weighted by molar-refractivity contribution is 7.16. The molecule has 2 aromatic heterocycles. The summed E-state index contributed by atoms with van der Waals surface area (Å²) >= 11 is 1.33. The van der Waals surface area contributed by atoms with Gasteiger partial charge in [0, 0.05) is 18.7 Å². The molecule has 0 saturated heterocycles. The normalized spacial score (nSPS) is 13.7. The zero-order valence-electron chi connectivity index (χ0n) is 14.5. The predicted octanol–water partition coefficient (Wildman–Crippen LogP) is 2.37. The average Bonchev–Trinajstić information content (AvgIpc) is 3.32. The van der Waals surface area contributed by atoms with Crippen LogP contribution in [0.3, 0.4) is 0 Å². The van der Waals surface area contributed by atoms with Crippen molar-refractivity contribution < 1.29 is 28.2 Å². The van der Waals surface area contributed by atoms with Crippen molar-refractivity contribution in [1.82, 2.24) is 4.57 Å². The van der Waals surface area contributed by atoms with Gasteiger partial charge in [0.15, 0.2) is 22.1 Å². The summed E-state index contributed by atoms with van der Waals surface area (Å²) in [7, 11) is 1.34. The van der Waals surface area contributed by atoms with Crippen LogP contribution in [0.5, 0.6) is 11.5 Å². The molecular formula is C18H16N2O6S. The lowest BCUT2D eigenvalue weighted by Crippen LogP contribution is -2.19. The first-order chi connectivity index (χ1) is 13.2. The second-order valence-corrected chi connectivity index (χ2v) is 6.73. The molecule has 0 fully saturated rings. The molecule has 0 aliphatic carbocycles. The van der Waals surface area contributed by atoms with Gasteiger partial charge in [-0.25, -0.2) is 0 Å². The molecule has 3 heterocycles. The van der Waals surface area contributed by atoms with Crippen LogP contribution < -0.4 is 14.3 Å². The number of carbonyl (C=O) groups is 2. The Morgan fingerprint density at radius 3 is 2.74 bits per heavy atom. The van der Waals surface area contributed by atoms with Gasteiger partial charge in [-0.3, -0.25) is 9.59 Å². The van der Waals surface area contributed by atoms with E-state index in [1.807, 2.05) is 12.1 Å². The second kappa shape index (κ2) is 7.28. The van der Waals surface area contributed by atoms with Gasteiger partial charge in [0.1, 0.15) is 13.2 Å². The summed E-state index contributed by atoms with van der Waals surface area (Å²) in [6.07, 6.45) is 1.57. The minimum Gasteiger partial charge on any atom is -0.486 e. The molecule has 1 aromatic carbocycles. The fourth-order valence-electron chi connectivity index (χ4n) is 2.76. The van der Waals surface area contributed by atoms with E-state index in [0.29, 0.717) is 36.1 Å². The summed E-state index contributed by atoms with van der Waals surface area (Å²) in [6.45, 7) is 1.27. The SMILES string of the molecule is COC(=O)CCn1c(=NC(=O)c2ccco2)sc2cc3c(cc21)OCCO3. The van der Waals surface area contributed by atoms with Crippen molar-refractivity contribution in [3.8, 4) is 11.5 Å².